The van der Waals surface area contributed by atoms with Crippen molar-refractivity contribution < 1.29 is 9.53 Å². The van der Waals surface area contributed by atoms with Crippen LogP contribution in [0.1, 0.15) is 42.7 Å². The molecule has 6 heteroatoms. The Labute approximate surface area is 141 Å². The second-order valence-electron chi connectivity index (χ2n) is 5.82. The van der Waals surface area contributed by atoms with Gasteiger partial charge in [0.25, 0.3) is 5.91 Å². The maximum absolute atomic E-state index is 12.5. The van der Waals surface area contributed by atoms with Crippen molar-refractivity contribution in [3.8, 4) is 5.69 Å². The van der Waals surface area contributed by atoms with E-state index >= 15 is 0 Å². The lowest BCUT2D eigenvalue weighted by Crippen LogP contribution is -2.36. The quantitative estimate of drug-likeness (QED) is 0.880. The topological polar surface area (TPSA) is 56.1 Å². The Kier molecular flexibility index (Phi) is 5.80. The molecule has 1 amide bonds. The molecule has 0 fully saturated rings. The van der Waals surface area contributed by atoms with Gasteiger partial charge in [-0.1, -0.05) is 31.5 Å². The standard InChI is InChI=1S/C17H22ClN3O2/c1-11(2)16-15(17(22)20-12(3)10-23-4)9-19-21(16)14-7-5-6-13(18)8-14/h5-9,11-12H,10H2,1-4H3,(H,20,22). The van der Waals surface area contributed by atoms with E-state index in [1.807, 2.05) is 45.0 Å². The Morgan fingerprint density at radius 1 is 1.39 bits per heavy atom. The van der Waals surface area contributed by atoms with Crippen LogP contribution in [-0.4, -0.2) is 35.4 Å². The molecule has 0 aliphatic rings. The Bertz CT molecular complexity index is 682. The number of halogens is 1. The van der Waals surface area contributed by atoms with Gasteiger partial charge >= 0.3 is 0 Å². The first-order valence-corrected chi connectivity index (χ1v) is 7.95. The van der Waals surface area contributed by atoms with E-state index in [2.05, 4.69) is 10.4 Å². The maximum Gasteiger partial charge on any atom is 0.255 e. The first-order chi connectivity index (χ1) is 10.9. The van der Waals surface area contributed by atoms with Gasteiger partial charge in [-0.05, 0) is 31.0 Å². The van der Waals surface area contributed by atoms with E-state index in [1.54, 1.807) is 18.0 Å². The molecule has 2 rings (SSSR count). The molecular weight excluding hydrogens is 314 g/mol. The number of hydrogen-bond donors (Lipinski definition) is 1. The monoisotopic (exact) mass is 335 g/mol. The van der Waals surface area contributed by atoms with E-state index in [9.17, 15) is 4.79 Å². The first-order valence-electron chi connectivity index (χ1n) is 7.57. The van der Waals surface area contributed by atoms with E-state index in [1.165, 1.54) is 0 Å². The van der Waals surface area contributed by atoms with Crippen LogP contribution in [0.25, 0.3) is 5.69 Å². The van der Waals surface area contributed by atoms with Gasteiger partial charge < -0.3 is 10.1 Å². The molecular formula is C17H22ClN3O2. The van der Waals surface area contributed by atoms with Crippen LogP contribution in [0, 0.1) is 0 Å². The van der Waals surface area contributed by atoms with Crippen molar-refractivity contribution in [3.63, 3.8) is 0 Å². The molecule has 2 aromatic rings. The molecule has 1 atom stereocenters. The third kappa shape index (κ3) is 4.12. The molecule has 1 heterocycles. The average Bonchev–Trinajstić information content (AvgIpc) is 2.92. The summed E-state index contributed by atoms with van der Waals surface area (Å²) in [4.78, 5) is 12.5. The number of benzene rings is 1. The minimum atomic E-state index is -0.147. The Morgan fingerprint density at radius 3 is 2.74 bits per heavy atom. The lowest BCUT2D eigenvalue weighted by Gasteiger charge is -2.15. The Hall–Kier alpha value is -1.85. The number of amides is 1. The number of nitrogens with one attached hydrogen (secondary N) is 1. The lowest BCUT2D eigenvalue weighted by atomic mass is 10.0. The molecule has 0 bridgehead atoms. The highest BCUT2D eigenvalue weighted by molar-refractivity contribution is 6.30. The number of ether oxygens (including phenoxy) is 1. The van der Waals surface area contributed by atoms with Crippen molar-refractivity contribution in [2.45, 2.75) is 32.7 Å². The summed E-state index contributed by atoms with van der Waals surface area (Å²) in [6.45, 7) is 6.43. The smallest absolute Gasteiger partial charge is 0.255 e. The van der Waals surface area contributed by atoms with Gasteiger partial charge in [-0.25, -0.2) is 4.68 Å². The van der Waals surface area contributed by atoms with Crippen molar-refractivity contribution >= 4 is 17.5 Å². The molecule has 0 aliphatic heterocycles. The second kappa shape index (κ2) is 7.62. The zero-order chi connectivity index (χ0) is 17.0. The van der Waals surface area contributed by atoms with E-state index < -0.39 is 0 Å². The number of methoxy groups -OCH3 is 1. The zero-order valence-electron chi connectivity index (χ0n) is 13.8. The number of rotatable bonds is 6. The van der Waals surface area contributed by atoms with Crippen molar-refractivity contribution in [2.24, 2.45) is 0 Å². The van der Waals surface area contributed by atoms with E-state index in [-0.39, 0.29) is 17.9 Å². The molecule has 0 saturated carbocycles. The summed E-state index contributed by atoms with van der Waals surface area (Å²) in [6, 6.07) is 7.35. The van der Waals surface area contributed by atoms with E-state index in [4.69, 9.17) is 16.3 Å². The van der Waals surface area contributed by atoms with Crippen LogP contribution in [0.4, 0.5) is 0 Å². The van der Waals surface area contributed by atoms with Crippen molar-refractivity contribution in [1.29, 1.82) is 0 Å². The van der Waals surface area contributed by atoms with Crippen LogP contribution in [-0.2, 0) is 4.74 Å². The number of carbonyl (C=O) groups is 1. The fourth-order valence-corrected chi connectivity index (χ4v) is 2.68. The summed E-state index contributed by atoms with van der Waals surface area (Å²) >= 11 is 6.07. The third-order valence-corrected chi connectivity index (χ3v) is 3.68. The summed E-state index contributed by atoms with van der Waals surface area (Å²) in [5.41, 5.74) is 2.27. The van der Waals surface area contributed by atoms with Crippen LogP contribution < -0.4 is 5.32 Å². The molecule has 0 saturated heterocycles. The van der Waals surface area contributed by atoms with Gasteiger partial charge in [0.15, 0.2) is 0 Å². The SMILES string of the molecule is COCC(C)NC(=O)c1cnn(-c2cccc(Cl)c2)c1C(C)C. The summed E-state index contributed by atoms with van der Waals surface area (Å²) in [6.07, 6.45) is 1.60. The molecule has 23 heavy (non-hydrogen) atoms. The number of aromatic nitrogens is 2. The fourth-order valence-electron chi connectivity index (χ4n) is 2.50. The second-order valence-corrected chi connectivity index (χ2v) is 6.26. The molecule has 5 nitrogen and oxygen atoms in total. The van der Waals surface area contributed by atoms with Gasteiger partial charge in [0, 0.05) is 18.2 Å². The zero-order valence-corrected chi connectivity index (χ0v) is 14.6. The van der Waals surface area contributed by atoms with Gasteiger partial charge in [0.1, 0.15) is 0 Å². The first kappa shape index (κ1) is 17.5. The Morgan fingerprint density at radius 2 is 2.13 bits per heavy atom. The predicted molar refractivity (Wildman–Crippen MR) is 91.5 cm³/mol. The maximum atomic E-state index is 12.5. The molecule has 1 aromatic carbocycles. The van der Waals surface area contributed by atoms with Gasteiger partial charge in [-0.2, -0.15) is 5.10 Å². The van der Waals surface area contributed by atoms with Gasteiger partial charge in [-0.15, -0.1) is 0 Å². The van der Waals surface area contributed by atoms with Crippen LogP contribution in [0.5, 0.6) is 0 Å². The largest absolute Gasteiger partial charge is 0.383 e. The number of nitrogens with zero attached hydrogens (tertiary/aromatic N) is 2. The fraction of sp³-hybridized carbons (Fsp3) is 0.412. The number of carbonyl (C=O) groups excluding carboxylic acids is 1. The van der Waals surface area contributed by atoms with E-state index in [0.29, 0.717) is 17.2 Å². The van der Waals surface area contributed by atoms with Gasteiger partial charge in [0.05, 0.1) is 29.7 Å². The summed E-state index contributed by atoms with van der Waals surface area (Å²) in [5.74, 6) is -0.0125. The normalized spacial score (nSPS) is 12.4. The van der Waals surface area contributed by atoms with Crippen LogP contribution in [0.2, 0.25) is 5.02 Å². The summed E-state index contributed by atoms with van der Waals surface area (Å²) in [5, 5.41) is 7.95. The van der Waals surface area contributed by atoms with Gasteiger partial charge in [0.2, 0.25) is 0 Å². The summed E-state index contributed by atoms with van der Waals surface area (Å²) in [7, 11) is 1.61. The molecule has 0 radical (unpaired) electrons. The predicted octanol–water partition coefficient (Wildman–Crippen LogP) is 3.41. The number of hydrogen-bond acceptors (Lipinski definition) is 3. The van der Waals surface area contributed by atoms with Crippen LogP contribution in [0.3, 0.4) is 0 Å². The molecule has 0 spiro atoms. The molecule has 1 aromatic heterocycles. The molecule has 1 N–H and O–H groups in total. The lowest BCUT2D eigenvalue weighted by molar-refractivity contribution is 0.0904. The van der Waals surface area contributed by atoms with Crippen LogP contribution >= 0.6 is 11.6 Å². The minimum absolute atomic E-state index is 0.0676. The highest BCUT2D eigenvalue weighted by Gasteiger charge is 2.21. The van der Waals surface area contributed by atoms with Crippen molar-refractivity contribution in [2.75, 3.05) is 13.7 Å². The van der Waals surface area contributed by atoms with Crippen molar-refractivity contribution in [3.05, 3.63) is 46.7 Å². The Balaban J connectivity index is 2.37. The third-order valence-electron chi connectivity index (χ3n) is 3.44. The van der Waals surface area contributed by atoms with E-state index in [0.717, 1.165) is 11.4 Å². The molecule has 124 valence electrons. The highest BCUT2D eigenvalue weighted by Crippen LogP contribution is 2.24. The average molecular weight is 336 g/mol. The highest BCUT2D eigenvalue weighted by atomic mass is 35.5. The molecule has 1 unspecified atom stereocenters. The summed E-state index contributed by atoms with van der Waals surface area (Å²) < 4.78 is 6.83. The minimum Gasteiger partial charge on any atom is -0.383 e. The van der Waals surface area contributed by atoms with Crippen molar-refractivity contribution in [1.82, 2.24) is 15.1 Å². The molecule has 0 aliphatic carbocycles. The van der Waals surface area contributed by atoms with Gasteiger partial charge in [-0.3, -0.25) is 4.79 Å². The van der Waals surface area contributed by atoms with Crippen LogP contribution in [0.15, 0.2) is 30.5 Å².